The number of nitrogens with one attached hydrogen (secondary N) is 1. The summed E-state index contributed by atoms with van der Waals surface area (Å²) in [7, 11) is 0. The first-order valence-electron chi connectivity index (χ1n) is 7.26. The van der Waals surface area contributed by atoms with Gasteiger partial charge in [-0.05, 0) is 42.7 Å². The van der Waals surface area contributed by atoms with Crippen molar-refractivity contribution in [1.82, 2.24) is 5.32 Å². The van der Waals surface area contributed by atoms with Crippen LogP contribution in [0.4, 0.5) is 13.2 Å². The van der Waals surface area contributed by atoms with Crippen molar-refractivity contribution in [1.29, 1.82) is 0 Å². The SMILES string of the molecule is CC1CCC(NCc2cccc(C(F)(F)F)c2)C(C)C1. The Kier molecular flexibility index (Phi) is 4.74. The van der Waals surface area contributed by atoms with Gasteiger partial charge in [0.1, 0.15) is 0 Å². The summed E-state index contributed by atoms with van der Waals surface area (Å²) in [6.45, 7) is 4.99. The molecule has 0 aliphatic heterocycles. The van der Waals surface area contributed by atoms with Crippen LogP contribution in [-0.4, -0.2) is 6.04 Å². The molecule has 1 aliphatic rings. The first kappa shape index (κ1) is 15.4. The largest absolute Gasteiger partial charge is 0.416 e. The summed E-state index contributed by atoms with van der Waals surface area (Å²) in [6.07, 6.45) is -0.754. The molecular weight excluding hydrogens is 263 g/mol. The molecule has 3 atom stereocenters. The van der Waals surface area contributed by atoms with Crippen LogP contribution < -0.4 is 5.32 Å². The third kappa shape index (κ3) is 3.98. The maximum atomic E-state index is 12.6. The summed E-state index contributed by atoms with van der Waals surface area (Å²) >= 11 is 0. The first-order chi connectivity index (χ1) is 9.36. The average molecular weight is 285 g/mol. The van der Waals surface area contributed by atoms with Crippen LogP contribution in [0.25, 0.3) is 0 Å². The standard InChI is InChI=1S/C16H22F3N/c1-11-6-7-15(12(2)8-11)20-10-13-4-3-5-14(9-13)16(17,18)19/h3-5,9,11-12,15,20H,6-8,10H2,1-2H3. The zero-order valence-corrected chi connectivity index (χ0v) is 12.0. The van der Waals surface area contributed by atoms with Gasteiger partial charge in [-0.3, -0.25) is 0 Å². The Morgan fingerprint density at radius 3 is 2.60 bits per heavy atom. The van der Waals surface area contributed by atoms with Crippen molar-refractivity contribution in [2.24, 2.45) is 11.8 Å². The van der Waals surface area contributed by atoms with E-state index in [0.29, 0.717) is 24.1 Å². The van der Waals surface area contributed by atoms with Crippen molar-refractivity contribution in [3.63, 3.8) is 0 Å². The van der Waals surface area contributed by atoms with Crippen molar-refractivity contribution in [3.05, 3.63) is 35.4 Å². The predicted molar refractivity (Wildman–Crippen MR) is 74.3 cm³/mol. The van der Waals surface area contributed by atoms with E-state index in [0.717, 1.165) is 18.4 Å². The lowest BCUT2D eigenvalue weighted by Crippen LogP contribution is -2.38. The minimum Gasteiger partial charge on any atom is -0.310 e. The van der Waals surface area contributed by atoms with Crippen molar-refractivity contribution in [2.75, 3.05) is 0 Å². The molecule has 0 aromatic heterocycles. The molecule has 3 unspecified atom stereocenters. The number of hydrogen-bond acceptors (Lipinski definition) is 1. The van der Waals surface area contributed by atoms with E-state index in [-0.39, 0.29) is 0 Å². The van der Waals surface area contributed by atoms with E-state index in [1.807, 2.05) is 0 Å². The summed E-state index contributed by atoms with van der Waals surface area (Å²) in [5.74, 6) is 1.35. The molecule has 2 rings (SSSR count). The Morgan fingerprint density at radius 1 is 1.20 bits per heavy atom. The molecule has 1 saturated carbocycles. The minimum atomic E-state index is -4.26. The van der Waals surface area contributed by atoms with Gasteiger partial charge >= 0.3 is 6.18 Å². The second-order valence-corrected chi connectivity index (χ2v) is 6.08. The third-order valence-electron chi connectivity index (χ3n) is 4.25. The smallest absolute Gasteiger partial charge is 0.310 e. The molecule has 0 amide bonds. The lowest BCUT2D eigenvalue weighted by atomic mass is 9.80. The molecule has 1 aromatic carbocycles. The molecular formula is C16H22F3N. The van der Waals surface area contributed by atoms with Gasteiger partial charge < -0.3 is 5.32 Å². The van der Waals surface area contributed by atoms with E-state index in [9.17, 15) is 13.2 Å². The van der Waals surface area contributed by atoms with Crippen molar-refractivity contribution >= 4 is 0 Å². The van der Waals surface area contributed by atoms with E-state index in [4.69, 9.17) is 0 Å². The average Bonchev–Trinajstić information content (AvgIpc) is 2.37. The maximum absolute atomic E-state index is 12.6. The van der Waals surface area contributed by atoms with Gasteiger partial charge in [0.05, 0.1) is 5.56 Å². The number of hydrogen-bond donors (Lipinski definition) is 1. The van der Waals surface area contributed by atoms with E-state index in [1.165, 1.54) is 25.0 Å². The number of benzene rings is 1. The molecule has 20 heavy (non-hydrogen) atoms. The highest BCUT2D eigenvalue weighted by molar-refractivity contribution is 5.25. The molecule has 0 saturated heterocycles. The predicted octanol–water partition coefficient (Wildman–Crippen LogP) is 4.62. The van der Waals surface area contributed by atoms with Gasteiger partial charge in [0.15, 0.2) is 0 Å². The van der Waals surface area contributed by atoms with Crippen LogP contribution in [-0.2, 0) is 12.7 Å². The molecule has 0 heterocycles. The molecule has 1 nitrogen and oxygen atoms in total. The summed E-state index contributed by atoms with van der Waals surface area (Å²) in [5.41, 5.74) is 0.132. The summed E-state index contributed by atoms with van der Waals surface area (Å²) < 4.78 is 37.9. The molecule has 0 bridgehead atoms. The van der Waals surface area contributed by atoms with Crippen LogP contribution >= 0.6 is 0 Å². The highest BCUT2D eigenvalue weighted by Gasteiger charge is 2.30. The monoisotopic (exact) mass is 285 g/mol. The van der Waals surface area contributed by atoms with Crippen LogP contribution in [0, 0.1) is 11.8 Å². The number of rotatable bonds is 3. The fraction of sp³-hybridized carbons (Fsp3) is 0.625. The number of alkyl halides is 3. The van der Waals surface area contributed by atoms with Gasteiger partial charge in [-0.15, -0.1) is 0 Å². The quantitative estimate of drug-likeness (QED) is 0.854. The van der Waals surface area contributed by atoms with Gasteiger partial charge in [-0.25, -0.2) is 0 Å². The lowest BCUT2D eigenvalue weighted by molar-refractivity contribution is -0.137. The Balaban J connectivity index is 1.94. The van der Waals surface area contributed by atoms with Crippen LogP contribution in [0.3, 0.4) is 0 Å². The fourth-order valence-electron chi connectivity index (χ4n) is 3.08. The summed E-state index contributed by atoms with van der Waals surface area (Å²) in [6, 6.07) is 6.00. The molecule has 0 spiro atoms. The minimum absolute atomic E-state index is 0.417. The van der Waals surface area contributed by atoms with Crippen LogP contribution in [0.15, 0.2) is 24.3 Å². The Hall–Kier alpha value is -1.03. The van der Waals surface area contributed by atoms with Crippen molar-refractivity contribution in [2.45, 2.75) is 51.9 Å². The highest BCUT2D eigenvalue weighted by atomic mass is 19.4. The summed E-state index contributed by atoms with van der Waals surface area (Å²) in [4.78, 5) is 0. The molecule has 0 radical (unpaired) electrons. The zero-order valence-electron chi connectivity index (χ0n) is 12.0. The van der Waals surface area contributed by atoms with E-state index in [1.54, 1.807) is 6.07 Å². The fourth-order valence-corrected chi connectivity index (χ4v) is 3.08. The second kappa shape index (κ2) is 6.17. The van der Waals surface area contributed by atoms with E-state index < -0.39 is 11.7 Å². The molecule has 1 fully saturated rings. The summed E-state index contributed by atoms with van der Waals surface area (Å²) in [5, 5.41) is 3.42. The number of halogens is 3. The van der Waals surface area contributed by atoms with Gasteiger partial charge in [0, 0.05) is 12.6 Å². The second-order valence-electron chi connectivity index (χ2n) is 6.08. The van der Waals surface area contributed by atoms with E-state index >= 15 is 0 Å². The van der Waals surface area contributed by atoms with Gasteiger partial charge in [-0.2, -0.15) is 13.2 Å². The highest BCUT2D eigenvalue weighted by Crippen LogP contribution is 2.30. The van der Waals surface area contributed by atoms with Crippen molar-refractivity contribution in [3.8, 4) is 0 Å². The Bertz CT molecular complexity index is 442. The third-order valence-corrected chi connectivity index (χ3v) is 4.25. The normalized spacial score (nSPS) is 27.6. The van der Waals surface area contributed by atoms with Crippen LogP contribution in [0.5, 0.6) is 0 Å². The van der Waals surface area contributed by atoms with E-state index in [2.05, 4.69) is 19.2 Å². The maximum Gasteiger partial charge on any atom is 0.416 e. The van der Waals surface area contributed by atoms with Gasteiger partial charge in [0.2, 0.25) is 0 Å². The van der Waals surface area contributed by atoms with Crippen LogP contribution in [0.2, 0.25) is 0 Å². The van der Waals surface area contributed by atoms with Crippen LogP contribution in [0.1, 0.15) is 44.2 Å². The first-order valence-corrected chi connectivity index (χ1v) is 7.26. The topological polar surface area (TPSA) is 12.0 Å². The Morgan fingerprint density at radius 2 is 1.95 bits per heavy atom. The molecule has 4 heteroatoms. The Labute approximate surface area is 118 Å². The molecule has 1 aromatic rings. The molecule has 112 valence electrons. The molecule has 1 N–H and O–H groups in total. The van der Waals surface area contributed by atoms with Gasteiger partial charge in [-0.1, -0.05) is 32.0 Å². The zero-order chi connectivity index (χ0) is 14.8. The lowest BCUT2D eigenvalue weighted by Gasteiger charge is -2.33. The van der Waals surface area contributed by atoms with Crippen molar-refractivity contribution < 1.29 is 13.2 Å². The molecule has 1 aliphatic carbocycles. The van der Waals surface area contributed by atoms with Gasteiger partial charge in [0.25, 0.3) is 0 Å².